The second-order valence-electron chi connectivity index (χ2n) is 7.40. The largest absolute Gasteiger partial charge is 0.385 e. The zero-order valence-electron chi connectivity index (χ0n) is 18.7. The summed E-state index contributed by atoms with van der Waals surface area (Å²) < 4.78 is 6.71. The molecule has 0 aliphatic heterocycles. The molecule has 1 unspecified atom stereocenters. The fourth-order valence-electron chi connectivity index (χ4n) is 3.39. The van der Waals surface area contributed by atoms with Gasteiger partial charge in [0, 0.05) is 25.0 Å². The van der Waals surface area contributed by atoms with Crippen LogP contribution in [0.15, 0.2) is 42.5 Å². The molecular formula is C23H27Cl2N5O3. The van der Waals surface area contributed by atoms with Gasteiger partial charge in [0.1, 0.15) is 17.7 Å². The van der Waals surface area contributed by atoms with E-state index in [1.807, 2.05) is 30.3 Å². The standard InChI is InChI=1S/C23H27Cl2N5O3/c1-14-20(22(31)26-2)29-30(16-9-5-4-6-10-16)21(14)28-23(32)27-19-13-18(25)17(24)12-15(19)8-7-11-33-3/h4-6,9-10,12-13,22,26,31H,7-8,11H2,1-3H3,(H2,27,28,32). The van der Waals surface area contributed by atoms with Crippen molar-refractivity contribution < 1.29 is 14.6 Å². The molecule has 3 rings (SSSR count). The highest BCUT2D eigenvalue weighted by Crippen LogP contribution is 2.31. The Hall–Kier alpha value is -2.62. The van der Waals surface area contributed by atoms with Crippen LogP contribution < -0.4 is 16.0 Å². The van der Waals surface area contributed by atoms with Crippen molar-refractivity contribution in [1.82, 2.24) is 15.1 Å². The van der Waals surface area contributed by atoms with Gasteiger partial charge in [-0.2, -0.15) is 5.10 Å². The Morgan fingerprint density at radius 3 is 2.55 bits per heavy atom. The predicted molar refractivity (Wildman–Crippen MR) is 132 cm³/mol. The van der Waals surface area contributed by atoms with Crippen LogP contribution in [0, 0.1) is 6.92 Å². The first-order chi connectivity index (χ1) is 15.8. The second kappa shape index (κ2) is 11.5. The van der Waals surface area contributed by atoms with Crippen LogP contribution in [0.1, 0.15) is 29.5 Å². The monoisotopic (exact) mass is 491 g/mol. The number of nitrogens with one attached hydrogen (secondary N) is 3. The first-order valence-electron chi connectivity index (χ1n) is 10.4. The molecule has 0 aliphatic carbocycles. The molecule has 176 valence electrons. The summed E-state index contributed by atoms with van der Waals surface area (Å²) in [6, 6.07) is 12.2. The van der Waals surface area contributed by atoms with E-state index >= 15 is 0 Å². The van der Waals surface area contributed by atoms with Crippen LogP contribution in [-0.2, 0) is 11.2 Å². The van der Waals surface area contributed by atoms with Crippen molar-refractivity contribution >= 4 is 40.7 Å². The average Bonchev–Trinajstić information content (AvgIpc) is 3.13. The van der Waals surface area contributed by atoms with Gasteiger partial charge in [0.2, 0.25) is 0 Å². The van der Waals surface area contributed by atoms with Crippen molar-refractivity contribution in [2.24, 2.45) is 0 Å². The number of aliphatic hydroxyl groups is 1. The highest BCUT2D eigenvalue weighted by Gasteiger charge is 2.22. The summed E-state index contributed by atoms with van der Waals surface area (Å²) in [7, 11) is 3.26. The van der Waals surface area contributed by atoms with E-state index in [0.29, 0.717) is 45.8 Å². The van der Waals surface area contributed by atoms with Gasteiger partial charge in [-0.1, -0.05) is 41.4 Å². The lowest BCUT2D eigenvalue weighted by Crippen LogP contribution is -2.22. The molecule has 4 N–H and O–H groups in total. The van der Waals surface area contributed by atoms with Gasteiger partial charge < -0.3 is 15.2 Å². The number of anilines is 2. The molecule has 1 atom stereocenters. The molecule has 0 fully saturated rings. The summed E-state index contributed by atoms with van der Waals surface area (Å²) in [5.41, 5.74) is 3.17. The number of ether oxygens (including phenoxy) is 1. The van der Waals surface area contributed by atoms with E-state index in [-0.39, 0.29) is 0 Å². The van der Waals surface area contributed by atoms with E-state index in [0.717, 1.165) is 17.7 Å². The predicted octanol–water partition coefficient (Wildman–Crippen LogP) is 4.92. The number of amides is 2. The molecule has 0 radical (unpaired) electrons. The molecule has 0 spiro atoms. The first-order valence-corrected chi connectivity index (χ1v) is 11.2. The van der Waals surface area contributed by atoms with Crippen LogP contribution >= 0.6 is 23.2 Å². The van der Waals surface area contributed by atoms with Gasteiger partial charge in [0.25, 0.3) is 0 Å². The Morgan fingerprint density at radius 1 is 1.18 bits per heavy atom. The van der Waals surface area contributed by atoms with Gasteiger partial charge in [0.05, 0.1) is 15.7 Å². The molecule has 2 aromatic carbocycles. The van der Waals surface area contributed by atoms with Crippen LogP contribution in [0.25, 0.3) is 5.69 Å². The van der Waals surface area contributed by atoms with Crippen LogP contribution in [0.3, 0.4) is 0 Å². The van der Waals surface area contributed by atoms with Crippen LogP contribution in [0.4, 0.5) is 16.3 Å². The van der Waals surface area contributed by atoms with Crippen LogP contribution in [0.5, 0.6) is 0 Å². The minimum Gasteiger partial charge on any atom is -0.385 e. The number of carbonyl (C=O) groups is 1. The zero-order chi connectivity index (χ0) is 24.0. The third-order valence-corrected chi connectivity index (χ3v) is 5.84. The molecule has 2 amide bonds. The van der Waals surface area contributed by atoms with E-state index < -0.39 is 12.3 Å². The lowest BCUT2D eigenvalue weighted by molar-refractivity contribution is 0.143. The Morgan fingerprint density at radius 2 is 1.88 bits per heavy atom. The zero-order valence-corrected chi connectivity index (χ0v) is 20.2. The smallest absolute Gasteiger partial charge is 0.324 e. The van der Waals surface area contributed by atoms with E-state index in [2.05, 4.69) is 21.0 Å². The van der Waals surface area contributed by atoms with E-state index in [4.69, 9.17) is 27.9 Å². The molecule has 1 aromatic heterocycles. The minimum absolute atomic E-state index is 0.340. The first kappa shape index (κ1) is 25.0. The number of hydrogen-bond donors (Lipinski definition) is 4. The fraction of sp³-hybridized carbons (Fsp3) is 0.304. The average molecular weight is 492 g/mol. The molecule has 0 saturated carbocycles. The third-order valence-electron chi connectivity index (χ3n) is 5.11. The highest BCUT2D eigenvalue weighted by atomic mass is 35.5. The highest BCUT2D eigenvalue weighted by molar-refractivity contribution is 6.42. The van der Waals surface area contributed by atoms with Crippen molar-refractivity contribution in [3.63, 3.8) is 0 Å². The normalized spacial score (nSPS) is 11.9. The quantitative estimate of drug-likeness (QED) is 0.251. The summed E-state index contributed by atoms with van der Waals surface area (Å²) >= 11 is 12.4. The number of aliphatic hydroxyl groups excluding tert-OH is 1. The number of aromatic nitrogens is 2. The molecular weight excluding hydrogens is 465 g/mol. The Labute approximate surface area is 202 Å². The van der Waals surface area contributed by atoms with Crippen LogP contribution in [0.2, 0.25) is 10.0 Å². The SMILES string of the molecule is CNC(O)c1nn(-c2ccccc2)c(NC(=O)Nc2cc(Cl)c(Cl)cc2CCCOC)c1C. The fourth-order valence-corrected chi connectivity index (χ4v) is 3.74. The van der Waals surface area contributed by atoms with Crippen molar-refractivity contribution in [3.05, 3.63) is 69.3 Å². The number of halogens is 2. The third kappa shape index (κ3) is 6.04. The summed E-state index contributed by atoms with van der Waals surface area (Å²) in [6.07, 6.45) is 0.427. The molecule has 3 aromatic rings. The number of nitrogens with zero attached hydrogens (tertiary/aromatic N) is 2. The number of carbonyl (C=O) groups excluding carboxylic acids is 1. The van der Waals surface area contributed by atoms with E-state index in [9.17, 15) is 9.90 Å². The summed E-state index contributed by atoms with van der Waals surface area (Å²) in [5, 5.41) is 24.1. The maximum absolute atomic E-state index is 13.0. The maximum Gasteiger partial charge on any atom is 0.324 e. The summed E-state index contributed by atoms with van der Waals surface area (Å²) in [5.74, 6) is 0.434. The second-order valence-corrected chi connectivity index (χ2v) is 8.21. The molecule has 8 nitrogen and oxygen atoms in total. The number of aryl methyl sites for hydroxylation is 1. The van der Waals surface area contributed by atoms with Crippen molar-refractivity contribution in [3.8, 4) is 5.69 Å². The Balaban J connectivity index is 1.90. The maximum atomic E-state index is 13.0. The van der Waals surface area contributed by atoms with Crippen molar-refractivity contribution in [1.29, 1.82) is 0 Å². The van der Waals surface area contributed by atoms with E-state index in [1.165, 1.54) is 0 Å². The number of para-hydroxylation sites is 1. The van der Waals surface area contributed by atoms with Gasteiger partial charge in [-0.25, -0.2) is 9.48 Å². The minimum atomic E-state index is -0.985. The van der Waals surface area contributed by atoms with Crippen molar-refractivity contribution in [2.45, 2.75) is 26.0 Å². The number of urea groups is 1. The molecule has 0 bridgehead atoms. The molecule has 33 heavy (non-hydrogen) atoms. The molecule has 0 aliphatic rings. The lowest BCUT2D eigenvalue weighted by atomic mass is 10.1. The number of benzene rings is 2. The Kier molecular flexibility index (Phi) is 8.71. The summed E-state index contributed by atoms with van der Waals surface area (Å²) in [4.78, 5) is 13.0. The number of methoxy groups -OCH3 is 1. The molecule has 10 heteroatoms. The Bertz CT molecular complexity index is 1110. The molecule has 1 heterocycles. The van der Waals surface area contributed by atoms with Gasteiger partial charge in [0.15, 0.2) is 0 Å². The topological polar surface area (TPSA) is 100 Å². The lowest BCUT2D eigenvalue weighted by Gasteiger charge is -2.15. The van der Waals surface area contributed by atoms with Gasteiger partial charge >= 0.3 is 6.03 Å². The van der Waals surface area contributed by atoms with Gasteiger partial charge in [-0.3, -0.25) is 10.6 Å². The summed E-state index contributed by atoms with van der Waals surface area (Å²) in [6.45, 7) is 2.37. The molecule has 0 saturated heterocycles. The van der Waals surface area contributed by atoms with Crippen molar-refractivity contribution in [2.75, 3.05) is 31.4 Å². The van der Waals surface area contributed by atoms with Crippen LogP contribution in [-0.4, -0.2) is 41.7 Å². The van der Waals surface area contributed by atoms with Gasteiger partial charge in [-0.05, 0) is 56.6 Å². The van der Waals surface area contributed by atoms with E-state index in [1.54, 1.807) is 37.9 Å². The number of rotatable bonds is 9. The number of hydrogen-bond acceptors (Lipinski definition) is 5. The van der Waals surface area contributed by atoms with Gasteiger partial charge in [-0.15, -0.1) is 0 Å².